The molecule has 1 rings (SSSR count). The highest BCUT2D eigenvalue weighted by atomic mass is 16.3. The highest BCUT2D eigenvalue weighted by molar-refractivity contribution is 5.84. The molecule has 3 heteroatoms. The summed E-state index contributed by atoms with van der Waals surface area (Å²) in [6.45, 7) is 8.66. The molecular formula is C18H29NO2. The molecule has 0 fully saturated rings. The van der Waals surface area contributed by atoms with Crippen LogP contribution in [0.5, 0.6) is 0 Å². The molecule has 1 amide bonds. The lowest BCUT2D eigenvalue weighted by Crippen LogP contribution is -2.37. The maximum atomic E-state index is 12.5. The number of aliphatic hydroxyl groups excluding tert-OH is 1. The van der Waals surface area contributed by atoms with Gasteiger partial charge in [0.2, 0.25) is 5.91 Å². The number of hydrogen-bond acceptors (Lipinski definition) is 2. The van der Waals surface area contributed by atoms with Crippen molar-refractivity contribution in [2.45, 2.75) is 52.6 Å². The number of nitrogens with one attached hydrogen (secondary N) is 1. The van der Waals surface area contributed by atoms with Crippen LogP contribution in [0.15, 0.2) is 30.3 Å². The number of benzene rings is 1. The molecular weight excluding hydrogens is 262 g/mol. The Balaban J connectivity index is 2.69. The van der Waals surface area contributed by atoms with Crippen LogP contribution in [0, 0.1) is 11.8 Å². The predicted molar refractivity (Wildman–Crippen MR) is 87.1 cm³/mol. The van der Waals surface area contributed by atoms with Crippen molar-refractivity contribution < 1.29 is 9.90 Å². The second-order valence-corrected chi connectivity index (χ2v) is 6.30. The topological polar surface area (TPSA) is 49.3 Å². The summed E-state index contributed by atoms with van der Waals surface area (Å²) in [6, 6.07) is 9.89. The highest BCUT2D eigenvalue weighted by Crippen LogP contribution is 2.27. The van der Waals surface area contributed by atoms with Gasteiger partial charge in [0.05, 0.1) is 12.0 Å². The third kappa shape index (κ3) is 5.88. The normalized spacial score (nSPS) is 15.5. The van der Waals surface area contributed by atoms with Gasteiger partial charge in [0.25, 0.3) is 0 Å². The molecule has 0 aliphatic rings. The molecule has 118 valence electrons. The van der Waals surface area contributed by atoms with Crippen molar-refractivity contribution in [2.24, 2.45) is 11.8 Å². The van der Waals surface area contributed by atoms with E-state index < -0.39 is 6.10 Å². The van der Waals surface area contributed by atoms with Crippen molar-refractivity contribution in [3.05, 3.63) is 35.9 Å². The van der Waals surface area contributed by atoms with Gasteiger partial charge in [0, 0.05) is 6.54 Å². The lowest BCUT2D eigenvalue weighted by molar-refractivity contribution is -0.124. The number of amides is 1. The van der Waals surface area contributed by atoms with Crippen LogP contribution >= 0.6 is 0 Å². The molecule has 0 aliphatic heterocycles. The summed E-state index contributed by atoms with van der Waals surface area (Å²) in [5.74, 6) is 0.562. The van der Waals surface area contributed by atoms with Crippen molar-refractivity contribution in [3.8, 4) is 0 Å². The van der Waals surface area contributed by atoms with Gasteiger partial charge in [-0.25, -0.2) is 0 Å². The zero-order valence-corrected chi connectivity index (χ0v) is 13.7. The summed E-state index contributed by atoms with van der Waals surface area (Å²) in [5, 5.41) is 12.8. The van der Waals surface area contributed by atoms with Crippen molar-refractivity contribution in [3.63, 3.8) is 0 Å². The van der Waals surface area contributed by atoms with Crippen molar-refractivity contribution in [1.82, 2.24) is 5.32 Å². The second-order valence-electron chi connectivity index (χ2n) is 6.30. The first-order chi connectivity index (χ1) is 9.95. The Kier molecular flexibility index (Phi) is 7.44. The molecule has 0 heterocycles. The van der Waals surface area contributed by atoms with Gasteiger partial charge >= 0.3 is 0 Å². The number of carbonyl (C=O) groups excluding carboxylic acids is 1. The molecule has 3 nitrogen and oxygen atoms in total. The zero-order chi connectivity index (χ0) is 15.8. The van der Waals surface area contributed by atoms with Gasteiger partial charge in [0.1, 0.15) is 0 Å². The molecule has 2 N–H and O–H groups in total. The number of aliphatic hydroxyl groups is 1. The van der Waals surface area contributed by atoms with E-state index >= 15 is 0 Å². The van der Waals surface area contributed by atoms with E-state index in [2.05, 4.69) is 33.0 Å². The summed E-state index contributed by atoms with van der Waals surface area (Å²) in [5.41, 5.74) is 1.04. The SMILES string of the molecule is CCC(C)C(C(=O)NCC(O)CC(C)C)c1ccccc1. The van der Waals surface area contributed by atoms with E-state index in [1.54, 1.807) is 0 Å². The van der Waals surface area contributed by atoms with Crippen LogP contribution in [0.1, 0.15) is 52.0 Å². The van der Waals surface area contributed by atoms with Crippen molar-refractivity contribution >= 4 is 5.91 Å². The maximum absolute atomic E-state index is 12.5. The largest absolute Gasteiger partial charge is 0.391 e. The third-order valence-electron chi connectivity index (χ3n) is 3.91. The highest BCUT2D eigenvalue weighted by Gasteiger charge is 2.25. The zero-order valence-electron chi connectivity index (χ0n) is 13.7. The molecule has 1 aromatic rings. The summed E-state index contributed by atoms with van der Waals surface area (Å²) >= 11 is 0. The van der Waals surface area contributed by atoms with Crippen LogP contribution < -0.4 is 5.32 Å². The Hall–Kier alpha value is -1.35. The average molecular weight is 291 g/mol. The van der Waals surface area contributed by atoms with E-state index in [-0.39, 0.29) is 17.7 Å². The molecule has 0 saturated heterocycles. The Bertz CT molecular complexity index is 416. The fourth-order valence-electron chi connectivity index (χ4n) is 2.59. The van der Waals surface area contributed by atoms with Gasteiger partial charge in [-0.15, -0.1) is 0 Å². The minimum atomic E-state index is -0.470. The Morgan fingerprint density at radius 3 is 2.33 bits per heavy atom. The Morgan fingerprint density at radius 1 is 1.19 bits per heavy atom. The van der Waals surface area contributed by atoms with Crippen molar-refractivity contribution in [1.29, 1.82) is 0 Å². The predicted octanol–water partition coefficient (Wildman–Crippen LogP) is 3.34. The van der Waals surface area contributed by atoms with E-state index in [0.29, 0.717) is 18.9 Å². The molecule has 0 saturated carbocycles. The van der Waals surface area contributed by atoms with Gasteiger partial charge in [-0.1, -0.05) is 64.4 Å². The van der Waals surface area contributed by atoms with Crippen LogP contribution in [0.4, 0.5) is 0 Å². The van der Waals surface area contributed by atoms with E-state index in [4.69, 9.17) is 0 Å². The summed E-state index contributed by atoms with van der Waals surface area (Å²) < 4.78 is 0. The monoisotopic (exact) mass is 291 g/mol. The lowest BCUT2D eigenvalue weighted by atomic mass is 9.85. The smallest absolute Gasteiger partial charge is 0.227 e. The van der Waals surface area contributed by atoms with E-state index in [9.17, 15) is 9.90 Å². The number of carbonyl (C=O) groups is 1. The molecule has 0 aliphatic carbocycles. The number of rotatable bonds is 8. The average Bonchev–Trinajstić information content (AvgIpc) is 2.45. The van der Waals surface area contributed by atoms with Crippen LogP contribution in [0.25, 0.3) is 0 Å². The van der Waals surface area contributed by atoms with Gasteiger partial charge in [-0.2, -0.15) is 0 Å². The first-order valence-electron chi connectivity index (χ1n) is 7.96. The summed E-state index contributed by atoms with van der Waals surface area (Å²) in [6.07, 6.45) is 1.18. The summed E-state index contributed by atoms with van der Waals surface area (Å²) in [4.78, 5) is 12.5. The minimum Gasteiger partial charge on any atom is -0.391 e. The van der Waals surface area contributed by atoms with Gasteiger partial charge in [-0.05, 0) is 23.8 Å². The second kappa shape index (κ2) is 8.83. The fraction of sp³-hybridized carbons (Fsp3) is 0.611. The van der Waals surface area contributed by atoms with E-state index in [0.717, 1.165) is 12.0 Å². The maximum Gasteiger partial charge on any atom is 0.227 e. The quantitative estimate of drug-likeness (QED) is 0.772. The molecule has 0 spiro atoms. The Labute approximate surface area is 128 Å². The standard InChI is InChI=1S/C18H29NO2/c1-5-14(4)17(15-9-7-6-8-10-15)18(21)19-12-16(20)11-13(2)3/h6-10,13-14,16-17,20H,5,11-12H2,1-4H3,(H,19,21). The minimum absolute atomic E-state index is 0.0124. The molecule has 0 bridgehead atoms. The first-order valence-corrected chi connectivity index (χ1v) is 7.96. The van der Waals surface area contributed by atoms with E-state index in [1.165, 1.54) is 0 Å². The fourth-order valence-corrected chi connectivity index (χ4v) is 2.59. The van der Waals surface area contributed by atoms with Crippen LogP contribution in [0.2, 0.25) is 0 Å². The molecule has 1 aromatic carbocycles. The van der Waals surface area contributed by atoms with Crippen molar-refractivity contribution in [2.75, 3.05) is 6.54 Å². The number of hydrogen-bond donors (Lipinski definition) is 2. The molecule has 0 aromatic heterocycles. The summed E-state index contributed by atoms with van der Waals surface area (Å²) in [7, 11) is 0. The van der Waals surface area contributed by atoms with Crippen LogP contribution in [0.3, 0.4) is 0 Å². The van der Waals surface area contributed by atoms with Crippen LogP contribution in [-0.4, -0.2) is 23.7 Å². The van der Waals surface area contributed by atoms with Gasteiger partial charge in [-0.3, -0.25) is 4.79 Å². The first kappa shape index (κ1) is 17.7. The third-order valence-corrected chi connectivity index (χ3v) is 3.91. The van der Waals surface area contributed by atoms with Crippen LogP contribution in [-0.2, 0) is 4.79 Å². The van der Waals surface area contributed by atoms with E-state index in [1.807, 2.05) is 30.3 Å². The molecule has 3 unspecified atom stereocenters. The molecule has 21 heavy (non-hydrogen) atoms. The lowest BCUT2D eigenvalue weighted by Gasteiger charge is -2.24. The van der Waals surface area contributed by atoms with Gasteiger partial charge < -0.3 is 10.4 Å². The molecule has 3 atom stereocenters. The van der Waals surface area contributed by atoms with Gasteiger partial charge in [0.15, 0.2) is 0 Å². The molecule has 0 radical (unpaired) electrons. The Morgan fingerprint density at radius 2 is 1.81 bits per heavy atom.